The summed E-state index contributed by atoms with van der Waals surface area (Å²) in [6.45, 7) is 5.39. The van der Waals surface area contributed by atoms with Crippen molar-refractivity contribution in [2.24, 2.45) is 5.92 Å². The molecule has 21 heavy (non-hydrogen) atoms. The molecule has 0 saturated heterocycles. The summed E-state index contributed by atoms with van der Waals surface area (Å²) in [5, 5.41) is 4.45. The van der Waals surface area contributed by atoms with Crippen LogP contribution in [-0.2, 0) is 13.0 Å². The normalized spacial score (nSPS) is 21.9. The summed E-state index contributed by atoms with van der Waals surface area (Å²) in [5.41, 5.74) is 2.70. The number of aryl methyl sites for hydroxylation is 1. The van der Waals surface area contributed by atoms with Gasteiger partial charge in [-0.05, 0) is 48.5 Å². The van der Waals surface area contributed by atoms with Crippen LogP contribution in [0, 0.1) is 5.92 Å². The highest BCUT2D eigenvalue weighted by atomic mass is 32.1. The summed E-state index contributed by atoms with van der Waals surface area (Å²) in [5.74, 6) is 0.730. The molecule has 1 saturated carbocycles. The minimum absolute atomic E-state index is 0.552. The van der Waals surface area contributed by atoms with Gasteiger partial charge >= 0.3 is 0 Å². The summed E-state index contributed by atoms with van der Waals surface area (Å²) in [7, 11) is 2.08. The smallest absolute Gasteiger partial charge is 0.169 e. The van der Waals surface area contributed by atoms with Gasteiger partial charge in [0.15, 0.2) is 5.11 Å². The van der Waals surface area contributed by atoms with Crippen molar-refractivity contribution in [3.8, 4) is 0 Å². The maximum absolute atomic E-state index is 5.57. The molecule has 0 aromatic heterocycles. The molecule has 2 nitrogen and oxygen atoms in total. The topological polar surface area (TPSA) is 15.3 Å². The lowest BCUT2D eigenvalue weighted by Gasteiger charge is -2.33. The van der Waals surface area contributed by atoms with Crippen LogP contribution in [0.15, 0.2) is 24.3 Å². The van der Waals surface area contributed by atoms with Gasteiger partial charge in [0.25, 0.3) is 0 Å². The number of rotatable bonds is 4. The third-order valence-electron chi connectivity index (χ3n) is 4.62. The van der Waals surface area contributed by atoms with Crippen LogP contribution in [0.5, 0.6) is 0 Å². The quantitative estimate of drug-likeness (QED) is 0.842. The van der Waals surface area contributed by atoms with E-state index in [0.29, 0.717) is 6.04 Å². The Bertz CT molecular complexity index is 455. The Morgan fingerprint density at radius 2 is 1.81 bits per heavy atom. The van der Waals surface area contributed by atoms with Gasteiger partial charge in [-0.3, -0.25) is 0 Å². The fraction of sp³-hybridized carbons (Fsp3) is 0.611. The number of hydrogen-bond acceptors (Lipinski definition) is 1. The van der Waals surface area contributed by atoms with Gasteiger partial charge in [0.1, 0.15) is 0 Å². The van der Waals surface area contributed by atoms with Crippen molar-refractivity contribution >= 4 is 17.3 Å². The van der Waals surface area contributed by atoms with Crippen molar-refractivity contribution in [1.29, 1.82) is 0 Å². The predicted molar refractivity (Wildman–Crippen MR) is 94.4 cm³/mol. The first-order valence-electron chi connectivity index (χ1n) is 8.19. The lowest BCUT2D eigenvalue weighted by molar-refractivity contribution is 0.300. The van der Waals surface area contributed by atoms with Crippen molar-refractivity contribution in [3.63, 3.8) is 0 Å². The predicted octanol–water partition coefficient (Wildman–Crippen LogP) is 4.13. The van der Waals surface area contributed by atoms with Crippen LogP contribution in [0.4, 0.5) is 0 Å². The Labute approximate surface area is 134 Å². The van der Waals surface area contributed by atoms with Crippen LogP contribution in [0.25, 0.3) is 0 Å². The van der Waals surface area contributed by atoms with Crippen molar-refractivity contribution in [1.82, 2.24) is 10.2 Å². The molecule has 0 aliphatic heterocycles. The van der Waals surface area contributed by atoms with Crippen LogP contribution >= 0.6 is 12.2 Å². The Balaban J connectivity index is 1.86. The van der Waals surface area contributed by atoms with Crippen LogP contribution in [0.2, 0.25) is 0 Å². The van der Waals surface area contributed by atoms with Gasteiger partial charge in [-0.25, -0.2) is 0 Å². The molecule has 0 heterocycles. The zero-order valence-electron chi connectivity index (χ0n) is 13.6. The Morgan fingerprint density at radius 3 is 2.43 bits per heavy atom. The minimum atomic E-state index is 0.552. The summed E-state index contributed by atoms with van der Waals surface area (Å²) in [4.78, 5) is 2.15. The second kappa shape index (κ2) is 7.79. The van der Waals surface area contributed by atoms with Crippen LogP contribution in [-0.4, -0.2) is 23.1 Å². The van der Waals surface area contributed by atoms with E-state index in [0.717, 1.165) is 24.0 Å². The van der Waals surface area contributed by atoms with Gasteiger partial charge in [0.2, 0.25) is 0 Å². The summed E-state index contributed by atoms with van der Waals surface area (Å²) < 4.78 is 0. The Hall–Kier alpha value is -1.09. The molecule has 0 unspecified atom stereocenters. The molecule has 1 fully saturated rings. The molecule has 1 aliphatic rings. The molecule has 0 amide bonds. The molecule has 3 heteroatoms. The van der Waals surface area contributed by atoms with E-state index >= 15 is 0 Å². The van der Waals surface area contributed by atoms with E-state index in [4.69, 9.17) is 12.2 Å². The zero-order chi connectivity index (χ0) is 15.2. The lowest BCUT2D eigenvalue weighted by atomic mass is 9.86. The summed E-state index contributed by atoms with van der Waals surface area (Å²) in [6.07, 6.45) is 6.36. The van der Waals surface area contributed by atoms with Gasteiger partial charge in [0.05, 0.1) is 0 Å². The molecule has 0 spiro atoms. The van der Waals surface area contributed by atoms with Crippen molar-refractivity contribution < 1.29 is 0 Å². The first-order valence-corrected chi connectivity index (χ1v) is 8.60. The highest BCUT2D eigenvalue weighted by Gasteiger charge is 2.22. The van der Waals surface area contributed by atoms with Crippen LogP contribution < -0.4 is 5.32 Å². The first kappa shape index (κ1) is 16.3. The Kier molecular flexibility index (Phi) is 6.04. The molecule has 116 valence electrons. The number of thiocarbonyl (C=S) groups is 1. The highest BCUT2D eigenvalue weighted by molar-refractivity contribution is 7.80. The minimum Gasteiger partial charge on any atom is -0.360 e. The molecule has 1 aliphatic carbocycles. The molecule has 2 atom stereocenters. The third kappa shape index (κ3) is 4.70. The van der Waals surface area contributed by atoms with Crippen molar-refractivity contribution in [2.45, 2.75) is 58.5 Å². The van der Waals surface area contributed by atoms with Gasteiger partial charge in [-0.1, -0.05) is 51.0 Å². The Morgan fingerprint density at radius 1 is 1.19 bits per heavy atom. The highest BCUT2D eigenvalue weighted by Crippen LogP contribution is 2.23. The van der Waals surface area contributed by atoms with Crippen LogP contribution in [0.1, 0.15) is 50.7 Å². The third-order valence-corrected chi connectivity index (χ3v) is 5.05. The molecule has 1 aromatic carbocycles. The van der Waals surface area contributed by atoms with E-state index in [9.17, 15) is 0 Å². The average Bonchev–Trinajstić information content (AvgIpc) is 2.50. The molecule has 0 bridgehead atoms. The number of benzene rings is 1. The summed E-state index contributed by atoms with van der Waals surface area (Å²) in [6, 6.07) is 9.39. The first-order chi connectivity index (χ1) is 10.1. The van der Waals surface area contributed by atoms with E-state index in [-0.39, 0.29) is 0 Å². The maximum atomic E-state index is 5.57. The monoisotopic (exact) mass is 304 g/mol. The maximum Gasteiger partial charge on any atom is 0.169 e. The fourth-order valence-electron chi connectivity index (χ4n) is 3.03. The van der Waals surface area contributed by atoms with Crippen molar-refractivity contribution in [2.75, 3.05) is 7.05 Å². The molecule has 1 N–H and O–H groups in total. The molecule has 1 aromatic rings. The SMILES string of the molecule is CCc1ccc(CN(C)C(=S)N[C@H]2CCCC[C@H]2C)cc1. The number of nitrogens with one attached hydrogen (secondary N) is 1. The lowest BCUT2D eigenvalue weighted by Crippen LogP contribution is -2.46. The van der Waals surface area contributed by atoms with E-state index in [1.807, 2.05) is 0 Å². The van der Waals surface area contributed by atoms with E-state index in [2.05, 4.69) is 55.4 Å². The van der Waals surface area contributed by atoms with Gasteiger partial charge < -0.3 is 10.2 Å². The van der Waals surface area contributed by atoms with E-state index < -0.39 is 0 Å². The standard InChI is InChI=1S/C18H28N2S/c1-4-15-9-11-16(12-10-15)13-20(3)18(21)19-17-8-6-5-7-14(17)2/h9-12,14,17H,4-8,13H2,1-3H3,(H,19,21)/t14-,17+/m1/s1. The molecular formula is C18H28N2S. The summed E-state index contributed by atoms with van der Waals surface area (Å²) >= 11 is 5.57. The fourth-order valence-corrected chi connectivity index (χ4v) is 3.24. The molecular weight excluding hydrogens is 276 g/mol. The molecule has 2 rings (SSSR count). The van der Waals surface area contributed by atoms with E-state index in [1.165, 1.54) is 36.8 Å². The molecule has 0 radical (unpaired) electrons. The van der Waals surface area contributed by atoms with Gasteiger partial charge in [-0.2, -0.15) is 0 Å². The second-order valence-electron chi connectivity index (χ2n) is 6.34. The average molecular weight is 305 g/mol. The van der Waals surface area contributed by atoms with Crippen molar-refractivity contribution in [3.05, 3.63) is 35.4 Å². The van der Waals surface area contributed by atoms with Gasteiger partial charge in [0, 0.05) is 19.6 Å². The largest absolute Gasteiger partial charge is 0.360 e. The number of nitrogens with zero attached hydrogens (tertiary/aromatic N) is 1. The van der Waals surface area contributed by atoms with Gasteiger partial charge in [-0.15, -0.1) is 0 Å². The zero-order valence-corrected chi connectivity index (χ0v) is 14.4. The second-order valence-corrected chi connectivity index (χ2v) is 6.73. The van der Waals surface area contributed by atoms with E-state index in [1.54, 1.807) is 0 Å². The number of hydrogen-bond donors (Lipinski definition) is 1. The van der Waals surface area contributed by atoms with Crippen LogP contribution in [0.3, 0.4) is 0 Å².